The van der Waals surface area contributed by atoms with E-state index in [-0.39, 0.29) is 0 Å². The molecule has 38 heavy (non-hydrogen) atoms. The Balaban J connectivity index is 1.33. The van der Waals surface area contributed by atoms with Gasteiger partial charge in [0, 0.05) is 49.0 Å². The second-order valence-corrected chi connectivity index (χ2v) is 11.5. The first-order chi connectivity index (χ1) is 18.4. The van der Waals surface area contributed by atoms with Crippen molar-refractivity contribution in [2.75, 3.05) is 64.9 Å². The molecule has 1 aliphatic carbocycles. The van der Waals surface area contributed by atoms with Gasteiger partial charge in [-0.1, -0.05) is 36.5 Å². The fraction of sp³-hybridized carbons (Fsp3) is 0.536. The molecule has 8 nitrogen and oxygen atoms in total. The number of benzene rings is 1. The molecule has 1 heterocycles. The topological polar surface area (TPSA) is 82.9 Å². The zero-order chi connectivity index (χ0) is 27.2. The highest BCUT2D eigenvalue weighted by Crippen LogP contribution is 2.21. The van der Waals surface area contributed by atoms with Crippen LogP contribution in [-0.4, -0.2) is 84.5 Å². The number of hydrogen-bond acceptors (Lipinski definition) is 9. The molecule has 0 radical (unpaired) electrons. The Labute approximate surface area is 236 Å². The molecule has 1 aliphatic heterocycles. The van der Waals surface area contributed by atoms with E-state index in [0.29, 0.717) is 25.5 Å². The number of thioether (sulfide) groups is 1. The molecule has 0 bridgehead atoms. The van der Waals surface area contributed by atoms with Crippen LogP contribution in [0.4, 0.5) is 0 Å². The van der Waals surface area contributed by atoms with E-state index in [0.717, 1.165) is 54.3 Å². The summed E-state index contributed by atoms with van der Waals surface area (Å²) in [5, 5.41) is 17.4. The van der Waals surface area contributed by atoms with Gasteiger partial charge in [-0.3, -0.25) is 15.0 Å². The number of rotatable bonds is 17. The van der Waals surface area contributed by atoms with Crippen LogP contribution in [0.5, 0.6) is 5.75 Å². The van der Waals surface area contributed by atoms with Crippen LogP contribution in [0.3, 0.4) is 0 Å². The zero-order valence-electron chi connectivity index (χ0n) is 22.6. The Kier molecular flexibility index (Phi) is 13.1. The quantitative estimate of drug-likeness (QED) is 0.126. The fourth-order valence-electron chi connectivity index (χ4n) is 4.43. The number of allylic oxidation sites excluding steroid dienone is 1. The molecule has 10 heteroatoms. The minimum Gasteiger partial charge on any atom is -0.494 e. The molecule has 1 aromatic rings. The summed E-state index contributed by atoms with van der Waals surface area (Å²) in [5.41, 5.74) is 3.82. The maximum Gasteiger partial charge on any atom is 0.274 e. The van der Waals surface area contributed by atoms with Gasteiger partial charge in [0.05, 0.1) is 11.5 Å². The van der Waals surface area contributed by atoms with Crippen molar-refractivity contribution in [1.82, 2.24) is 20.4 Å². The number of hydrogen-bond donors (Lipinski definition) is 2. The van der Waals surface area contributed by atoms with Crippen molar-refractivity contribution in [3.63, 3.8) is 0 Å². The third kappa shape index (κ3) is 11.6. The highest BCUT2D eigenvalue weighted by molar-refractivity contribution is 7.99. The molecule has 2 aliphatic rings. The van der Waals surface area contributed by atoms with Crippen LogP contribution in [0.2, 0.25) is 0 Å². The van der Waals surface area contributed by atoms with Gasteiger partial charge in [-0.15, -0.1) is 0 Å². The number of likely N-dealkylation sites (tertiary alicyclic amines) is 1. The van der Waals surface area contributed by atoms with Crippen LogP contribution in [0.15, 0.2) is 59.6 Å². The third-order valence-electron chi connectivity index (χ3n) is 6.23. The van der Waals surface area contributed by atoms with Crippen molar-refractivity contribution in [3.05, 3.63) is 75.3 Å². The van der Waals surface area contributed by atoms with Crippen LogP contribution in [0.1, 0.15) is 31.2 Å². The molecule has 1 aromatic carbocycles. The lowest BCUT2D eigenvalue weighted by molar-refractivity contribution is -0.404. The van der Waals surface area contributed by atoms with Gasteiger partial charge in [0.15, 0.2) is 5.82 Å². The van der Waals surface area contributed by atoms with Crippen molar-refractivity contribution in [1.29, 1.82) is 0 Å². The molecule has 1 saturated heterocycles. The maximum atomic E-state index is 11.1. The predicted molar refractivity (Wildman–Crippen MR) is 161 cm³/mol. The van der Waals surface area contributed by atoms with Gasteiger partial charge in [0.25, 0.3) is 6.20 Å². The summed E-state index contributed by atoms with van der Waals surface area (Å²) in [6.45, 7) is 6.00. The van der Waals surface area contributed by atoms with Gasteiger partial charge in [-0.05, 0) is 75.3 Å². The summed E-state index contributed by atoms with van der Waals surface area (Å²) in [6.07, 6.45) is 9.70. The van der Waals surface area contributed by atoms with E-state index in [1.807, 2.05) is 32.3 Å². The maximum absolute atomic E-state index is 11.1. The lowest BCUT2D eigenvalue weighted by Gasteiger charge is -2.20. The molecule has 0 atom stereocenters. The van der Waals surface area contributed by atoms with Crippen molar-refractivity contribution in [3.8, 4) is 5.75 Å². The smallest absolute Gasteiger partial charge is 0.274 e. The summed E-state index contributed by atoms with van der Waals surface area (Å²) >= 11 is 7.39. The Hall–Kier alpha value is -2.40. The molecular weight excluding hydrogens is 518 g/mol. The molecule has 1 fully saturated rings. The molecule has 208 valence electrons. The first-order valence-electron chi connectivity index (χ1n) is 13.3. The average Bonchev–Trinajstić information content (AvgIpc) is 3.38. The third-order valence-corrected chi connectivity index (χ3v) is 7.67. The Morgan fingerprint density at radius 2 is 2.05 bits per heavy atom. The summed E-state index contributed by atoms with van der Waals surface area (Å²) in [6, 6.07) is 8.07. The standard InChI is InChI=1S/C28H41N5O3S2/c1-31(2)19-23-7-5-8-26(18-23)36-15-6-11-29-28(21-33(34)35)30-12-16-38-22-25-17-24(9-10-27(25)37)20-32-13-3-4-14-32/h5,7-9,17-18,21,29-30H,3-4,6,10-16,19-20,22H2,1-2H3. The largest absolute Gasteiger partial charge is 0.494 e. The summed E-state index contributed by atoms with van der Waals surface area (Å²) in [5.74, 6) is 2.96. The average molecular weight is 560 g/mol. The Morgan fingerprint density at radius 3 is 2.82 bits per heavy atom. The molecule has 0 amide bonds. The van der Waals surface area contributed by atoms with Crippen LogP contribution in [-0.2, 0) is 6.54 Å². The van der Waals surface area contributed by atoms with E-state index in [1.54, 1.807) is 11.8 Å². The van der Waals surface area contributed by atoms with Crippen LogP contribution >= 0.6 is 24.0 Å². The van der Waals surface area contributed by atoms with E-state index in [1.165, 1.54) is 42.6 Å². The van der Waals surface area contributed by atoms with E-state index >= 15 is 0 Å². The van der Waals surface area contributed by atoms with E-state index in [2.05, 4.69) is 38.7 Å². The highest BCUT2D eigenvalue weighted by atomic mass is 32.2. The summed E-state index contributed by atoms with van der Waals surface area (Å²) < 4.78 is 5.86. The number of thiocarbonyl (C=S) groups is 1. The van der Waals surface area contributed by atoms with Gasteiger partial charge in [-0.25, -0.2) is 0 Å². The summed E-state index contributed by atoms with van der Waals surface area (Å²) in [4.78, 5) is 16.3. The lowest BCUT2D eigenvalue weighted by Crippen LogP contribution is -2.30. The van der Waals surface area contributed by atoms with Crippen molar-refractivity contribution in [2.45, 2.75) is 32.2 Å². The van der Waals surface area contributed by atoms with E-state index in [9.17, 15) is 10.1 Å². The minimum absolute atomic E-state index is 0.423. The van der Waals surface area contributed by atoms with Crippen molar-refractivity contribution in [2.24, 2.45) is 0 Å². The zero-order valence-corrected chi connectivity index (χ0v) is 24.2. The van der Waals surface area contributed by atoms with E-state index in [4.69, 9.17) is 17.0 Å². The SMILES string of the molecule is CN(C)Cc1cccc(OCCCNC(=C[N+](=O)[O-])NCCSCC2=CC(CN3CCCC3)=CCC2=S)c1. The number of nitrogens with zero attached hydrogens (tertiary/aromatic N) is 3. The van der Waals surface area contributed by atoms with Crippen LogP contribution < -0.4 is 15.4 Å². The van der Waals surface area contributed by atoms with Gasteiger partial charge >= 0.3 is 0 Å². The minimum atomic E-state index is -0.436. The number of nitro groups is 1. The molecule has 2 N–H and O–H groups in total. The van der Waals surface area contributed by atoms with Crippen molar-refractivity contribution < 1.29 is 9.66 Å². The monoisotopic (exact) mass is 559 g/mol. The molecule has 0 spiro atoms. The van der Waals surface area contributed by atoms with Crippen LogP contribution in [0, 0.1) is 10.1 Å². The van der Waals surface area contributed by atoms with Crippen molar-refractivity contribution >= 4 is 28.8 Å². The highest BCUT2D eigenvalue weighted by Gasteiger charge is 2.16. The van der Waals surface area contributed by atoms with E-state index < -0.39 is 4.92 Å². The molecule has 3 rings (SSSR count). The lowest BCUT2D eigenvalue weighted by atomic mass is 10.00. The first-order valence-corrected chi connectivity index (χ1v) is 14.9. The summed E-state index contributed by atoms with van der Waals surface area (Å²) in [7, 11) is 4.07. The predicted octanol–water partition coefficient (Wildman–Crippen LogP) is 4.23. The molecular formula is C28H41N5O3S2. The van der Waals surface area contributed by atoms with Gasteiger partial charge < -0.3 is 20.3 Å². The van der Waals surface area contributed by atoms with Gasteiger partial charge in [0.2, 0.25) is 0 Å². The molecule has 0 unspecified atom stereocenters. The molecule has 0 aromatic heterocycles. The fourth-order valence-corrected chi connectivity index (χ4v) is 5.61. The molecule has 0 saturated carbocycles. The number of nitrogens with one attached hydrogen (secondary N) is 2. The number of ether oxygens (including phenoxy) is 1. The normalized spacial score (nSPS) is 16.4. The second kappa shape index (κ2) is 16.5. The Morgan fingerprint density at radius 1 is 1.26 bits per heavy atom. The van der Waals surface area contributed by atoms with Crippen LogP contribution in [0.25, 0.3) is 0 Å². The first kappa shape index (κ1) is 30.1. The van der Waals surface area contributed by atoms with Gasteiger partial charge in [0.1, 0.15) is 5.75 Å². The Bertz CT molecular complexity index is 1020. The van der Waals surface area contributed by atoms with Gasteiger partial charge in [-0.2, -0.15) is 11.8 Å². The second-order valence-electron chi connectivity index (χ2n) is 9.88.